The Kier molecular flexibility index (Phi) is 4.66. The highest BCUT2D eigenvalue weighted by atomic mass is 32.2. The average Bonchev–Trinajstić information content (AvgIpc) is 3.14. The van der Waals surface area contributed by atoms with Gasteiger partial charge in [-0.05, 0) is 55.1 Å². The number of halogens is 3. The number of aliphatic hydroxyl groups is 1. The standard InChI is InChI=1S/C22H30F3N3O2S/c1-14-12-27(8-9-28(14)18-5-4-15(11-26-18)22(23,24)25)31(30)13-20-6-7-21(20)16(10-17(20)29)19(21,2)3/h4-5,11,14,16-17,29H,6-10,12-13H2,1-3H3/t14-,16+,17?,20+,21?,31+/m0/s1. The highest BCUT2D eigenvalue weighted by molar-refractivity contribution is 7.82. The zero-order valence-electron chi connectivity index (χ0n) is 18.2. The summed E-state index contributed by atoms with van der Waals surface area (Å²) < 4.78 is 53.7. The fourth-order valence-electron chi connectivity index (χ4n) is 7.36. The summed E-state index contributed by atoms with van der Waals surface area (Å²) in [6.07, 6.45) is -0.984. The molecule has 3 aliphatic carbocycles. The maximum Gasteiger partial charge on any atom is 0.417 e. The Morgan fingerprint density at radius 1 is 1.26 bits per heavy atom. The Morgan fingerprint density at radius 3 is 2.55 bits per heavy atom. The lowest BCUT2D eigenvalue weighted by molar-refractivity contribution is -0.137. The average molecular weight is 458 g/mol. The molecular weight excluding hydrogens is 427 g/mol. The molecule has 0 amide bonds. The van der Waals surface area contributed by atoms with Crippen LogP contribution < -0.4 is 4.90 Å². The highest BCUT2D eigenvalue weighted by Gasteiger charge is 2.87. The van der Waals surface area contributed by atoms with E-state index in [0.29, 0.717) is 37.1 Å². The molecule has 172 valence electrons. The molecule has 5 nitrogen and oxygen atoms in total. The van der Waals surface area contributed by atoms with Crippen molar-refractivity contribution in [2.24, 2.45) is 22.2 Å². The van der Waals surface area contributed by atoms with E-state index in [-0.39, 0.29) is 28.4 Å². The van der Waals surface area contributed by atoms with Gasteiger partial charge in [-0.15, -0.1) is 0 Å². The van der Waals surface area contributed by atoms with E-state index in [4.69, 9.17) is 0 Å². The number of aromatic nitrogens is 1. The lowest BCUT2D eigenvalue weighted by Crippen LogP contribution is -2.58. The lowest BCUT2D eigenvalue weighted by atomic mass is 9.54. The summed E-state index contributed by atoms with van der Waals surface area (Å²) in [6, 6.07) is 2.45. The third kappa shape index (κ3) is 2.81. The zero-order valence-corrected chi connectivity index (χ0v) is 19.0. The van der Waals surface area contributed by atoms with Crippen LogP contribution in [0.25, 0.3) is 0 Å². The summed E-state index contributed by atoms with van der Waals surface area (Å²) in [5.74, 6) is 1.57. The van der Waals surface area contributed by atoms with Crippen LogP contribution in [0.5, 0.6) is 0 Å². The Balaban J connectivity index is 1.25. The SMILES string of the molecule is C[C@H]1CN([S@](=O)C[C@@]23CCC24[C@H](CC3O)C4(C)C)CCN1c1ccc(C(F)(F)F)cn1. The van der Waals surface area contributed by atoms with E-state index in [1.807, 2.05) is 16.1 Å². The summed E-state index contributed by atoms with van der Waals surface area (Å²) in [5, 5.41) is 10.8. The number of pyridine rings is 1. The predicted octanol–water partition coefficient (Wildman–Crippen LogP) is 3.46. The van der Waals surface area contributed by atoms with Crippen molar-refractivity contribution in [2.45, 2.75) is 58.4 Å². The number of aliphatic hydroxyl groups excluding tert-OH is 1. The van der Waals surface area contributed by atoms with E-state index >= 15 is 0 Å². The quantitative estimate of drug-likeness (QED) is 0.753. The maximum atomic E-state index is 13.4. The van der Waals surface area contributed by atoms with Crippen LogP contribution in [0.3, 0.4) is 0 Å². The molecule has 4 fully saturated rings. The molecule has 2 unspecified atom stereocenters. The third-order valence-electron chi connectivity index (χ3n) is 9.11. The number of rotatable bonds is 4. The second-order valence-corrected chi connectivity index (χ2v) is 11.9. The summed E-state index contributed by atoms with van der Waals surface area (Å²) >= 11 is 0. The Morgan fingerprint density at radius 2 is 2.00 bits per heavy atom. The van der Waals surface area contributed by atoms with Gasteiger partial charge in [0.25, 0.3) is 0 Å². The van der Waals surface area contributed by atoms with Crippen LogP contribution in [0.15, 0.2) is 18.3 Å². The molecule has 0 aromatic carbocycles. The van der Waals surface area contributed by atoms with Gasteiger partial charge in [0.1, 0.15) is 5.82 Å². The van der Waals surface area contributed by atoms with Crippen LogP contribution in [0.2, 0.25) is 0 Å². The monoisotopic (exact) mass is 457 g/mol. The number of piperazine rings is 1. The van der Waals surface area contributed by atoms with Gasteiger partial charge in [-0.1, -0.05) is 13.8 Å². The van der Waals surface area contributed by atoms with Gasteiger partial charge >= 0.3 is 6.18 Å². The molecular formula is C22H30F3N3O2S. The summed E-state index contributed by atoms with van der Waals surface area (Å²) in [4.78, 5) is 6.00. The Bertz CT molecular complexity index is 908. The molecule has 2 heterocycles. The molecule has 0 bridgehead atoms. The van der Waals surface area contributed by atoms with Crippen molar-refractivity contribution in [3.05, 3.63) is 23.9 Å². The van der Waals surface area contributed by atoms with Crippen LogP contribution in [0.1, 0.15) is 45.6 Å². The van der Waals surface area contributed by atoms with Gasteiger partial charge < -0.3 is 10.0 Å². The van der Waals surface area contributed by atoms with Gasteiger partial charge in [-0.3, -0.25) is 0 Å². The molecule has 31 heavy (non-hydrogen) atoms. The zero-order chi connectivity index (χ0) is 22.4. The second-order valence-electron chi connectivity index (χ2n) is 10.5. The molecule has 6 atom stereocenters. The van der Waals surface area contributed by atoms with Gasteiger partial charge in [0.2, 0.25) is 0 Å². The molecule has 5 rings (SSSR count). The summed E-state index contributed by atoms with van der Waals surface area (Å²) in [5.41, 5.74) is -0.586. The van der Waals surface area contributed by atoms with Crippen molar-refractivity contribution in [2.75, 3.05) is 30.3 Å². The molecule has 1 spiro atoms. The molecule has 0 radical (unpaired) electrons. The molecule has 1 aliphatic heterocycles. The van der Waals surface area contributed by atoms with Gasteiger partial charge in [0, 0.05) is 43.0 Å². The van der Waals surface area contributed by atoms with E-state index in [1.165, 1.54) is 6.07 Å². The molecule has 1 aromatic heterocycles. The largest absolute Gasteiger partial charge is 0.417 e. The minimum absolute atomic E-state index is 0.0200. The first kappa shape index (κ1) is 21.6. The minimum atomic E-state index is -4.40. The van der Waals surface area contributed by atoms with Crippen LogP contribution >= 0.6 is 0 Å². The van der Waals surface area contributed by atoms with E-state index < -0.39 is 22.7 Å². The maximum absolute atomic E-state index is 13.4. The van der Waals surface area contributed by atoms with Crippen molar-refractivity contribution in [3.8, 4) is 0 Å². The predicted molar refractivity (Wildman–Crippen MR) is 113 cm³/mol. The summed E-state index contributed by atoms with van der Waals surface area (Å²) in [7, 11) is -1.19. The molecule has 1 saturated heterocycles. The fourth-order valence-corrected chi connectivity index (χ4v) is 9.24. The van der Waals surface area contributed by atoms with E-state index in [9.17, 15) is 22.5 Å². The van der Waals surface area contributed by atoms with Crippen LogP contribution in [-0.4, -0.2) is 56.1 Å². The van der Waals surface area contributed by atoms with Gasteiger partial charge in [-0.2, -0.15) is 13.2 Å². The summed E-state index contributed by atoms with van der Waals surface area (Å²) in [6.45, 7) is 8.24. The number of nitrogens with zero attached hydrogens (tertiary/aromatic N) is 3. The molecule has 9 heteroatoms. The van der Waals surface area contributed by atoms with E-state index in [1.54, 1.807) is 0 Å². The second kappa shape index (κ2) is 6.67. The lowest BCUT2D eigenvalue weighted by Gasteiger charge is -2.54. The number of anilines is 1. The van der Waals surface area contributed by atoms with Gasteiger partial charge in [-0.25, -0.2) is 13.5 Å². The van der Waals surface area contributed by atoms with Crippen LogP contribution in [-0.2, 0) is 17.2 Å². The van der Waals surface area contributed by atoms with E-state index in [2.05, 4.69) is 18.8 Å². The van der Waals surface area contributed by atoms with Crippen molar-refractivity contribution < 1.29 is 22.5 Å². The van der Waals surface area contributed by atoms with Gasteiger partial charge in [0.15, 0.2) is 0 Å². The minimum Gasteiger partial charge on any atom is -0.392 e. The molecule has 1 N–H and O–H groups in total. The number of hydrogen-bond donors (Lipinski definition) is 1. The smallest absolute Gasteiger partial charge is 0.392 e. The molecule has 3 saturated carbocycles. The highest BCUT2D eigenvalue weighted by Crippen LogP contribution is 2.90. The normalized spacial score (nSPS) is 40.1. The van der Waals surface area contributed by atoms with Gasteiger partial charge in [0.05, 0.1) is 22.7 Å². The molecule has 4 aliphatic rings. The molecule has 1 aromatic rings. The Hall–Kier alpha value is -1.19. The van der Waals surface area contributed by atoms with Crippen LogP contribution in [0.4, 0.5) is 19.0 Å². The van der Waals surface area contributed by atoms with E-state index in [0.717, 1.165) is 31.5 Å². The number of hydrogen-bond acceptors (Lipinski definition) is 4. The third-order valence-corrected chi connectivity index (χ3v) is 10.8. The first-order valence-electron chi connectivity index (χ1n) is 11.1. The van der Waals surface area contributed by atoms with Crippen LogP contribution in [0, 0.1) is 22.2 Å². The van der Waals surface area contributed by atoms with Crippen molar-refractivity contribution in [1.82, 2.24) is 9.29 Å². The van der Waals surface area contributed by atoms with Crippen molar-refractivity contribution in [3.63, 3.8) is 0 Å². The van der Waals surface area contributed by atoms with Crippen molar-refractivity contribution >= 4 is 16.8 Å². The fraction of sp³-hybridized carbons (Fsp3) is 0.773. The number of alkyl halides is 3. The Labute approximate surface area is 183 Å². The first-order chi connectivity index (χ1) is 14.4. The topological polar surface area (TPSA) is 56.7 Å². The first-order valence-corrected chi connectivity index (χ1v) is 12.3. The van der Waals surface area contributed by atoms with Crippen molar-refractivity contribution in [1.29, 1.82) is 0 Å².